The lowest BCUT2D eigenvalue weighted by atomic mass is 10.1. The molecule has 4 rings (SSSR count). The van der Waals surface area contributed by atoms with Crippen molar-refractivity contribution in [3.8, 4) is 23.1 Å². The largest absolute Gasteiger partial charge is 0.297 e. The first-order valence-electron chi connectivity index (χ1n) is 9.72. The molecule has 0 saturated heterocycles. The molecule has 0 unspecified atom stereocenters. The van der Waals surface area contributed by atoms with Crippen LogP contribution >= 0.6 is 34.7 Å². The second-order valence-corrected chi connectivity index (χ2v) is 9.40. The van der Waals surface area contributed by atoms with Gasteiger partial charge in [-0.15, -0.1) is 21.5 Å². The van der Waals surface area contributed by atoms with Crippen molar-refractivity contribution in [3.63, 3.8) is 0 Å². The molecule has 0 aliphatic heterocycles. The van der Waals surface area contributed by atoms with Gasteiger partial charge in [0.1, 0.15) is 5.01 Å². The van der Waals surface area contributed by atoms with E-state index in [1.807, 2.05) is 60.2 Å². The standard InChI is InChI=1S/C23H18ClN5OS2/c1-14-4-3-5-18(10-14)29-21(16-6-8-17(24)9-7-16)27-28-23(29)32-13-20(30)19(11-25)22-26-15(2)12-31-22/h3-10,12,19H,13H2,1-2H3/t19-/m1/s1. The molecule has 2 heterocycles. The lowest BCUT2D eigenvalue weighted by Gasteiger charge is -2.11. The highest BCUT2D eigenvalue weighted by atomic mass is 35.5. The first-order chi connectivity index (χ1) is 15.5. The van der Waals surface area contributed by atoms with Gasteiger partial charge in [0.2, 0.25) is 0 Å². The molecule has 0 amide bonds. The van der Waals surface area contributed by atoms with Crippen molar-refractivity contribution in [2.75, 3.05) is 5.75 Å². The summed E-state index contributed by atoms with van der Waals surface area (Å²) in [5.74, 6) is -0.359. The molecule has 0 aliphatic rings. The van der Waals surface area contributed by atoms with Gasteiger partial charge in [-0.25, -0.2) is 4.98 Å². The van der Waals surface area contributed by atoms with Crippen LogP contribution in [0, 0.1) is 25.2 Å². The van der Waals surface area contributed by atoms with Crippen LogP contribution in [0.2, 0.25) is 5.02 Å². The Kier molecular flexibility index (Phi) is 6.70. The quantitative estimate of drug-likeness (QED) is 0.319. The maximum Gasteiger partial charge on any atom is 0.196 e. The molecule has 0 N–H and O–H groups in total. The summed E-state index contributed by atoms with van der Waals surface area (Å²) in [6.45, 7) is 3.86. The van der Waals surface area contributed by atoms with Crippen LogP contribution in [0.25, 0.3) is 17.1 Å². The molecule has 160 valence electrons. The van der Waals surface area contributed by atoms with Crippen molar-refractivity contribution in [1.29, 1.82) is 5.26 Å². The molecule has 0 saturated carbocycles. The van der Waals surface area contributed by atoms with Gasteiger partial charge in [-0.05, 0) is 55.8 Å². The number of nitriles is 1. The first kappa shape index (κ1) is 22.2. The first-order valence-corrected chi connectivity index (χ1v) is 12.0. The molecule has 0 bridgehead atoms. The second kappa shape index (κ2) is 9.65. The molecule has 2 aromatic carbocycles. The number of aromatic nitrogens is 4. The van der Waals surface area contributed by atoms with E-state index < -0.39 is 5.92 Å². The highest BCUT2D eigenvalue weighted by Gasteiger charge is 2.25. The van der Waals surface area contributed by atoms with Gasteiger partial charge in [-0.3, -0.25) is 9.36 Å². The Labute approximate surface area is 198 Å². The Morgan fingerprint density at radius 1 is 1.22 bits per heavy atom. The second-order valence-electron chi connectivity index (χ2n) is 7.13. The minimum atomic E-state index is -0.882. The highest BCUT2D eigenvalue weighted by Crippen LogP contribution is 2.30. The van der Waals surface area contributed by atoms with E-state index in [4.69, 9.17) is 11.6 Å². The van der Waals surface area contributed by atoms with Crippen LogP contribution in [0.1, 0.15) is 22.2 Å². The number of hydrogen-bond donors (Lipinski definition) is 0. The summed E-state index contributed by atoms with van der Waals surface area (Å²) < 4.78 is 1.92. The average Bonchev–Trinajstić information content (AvgIpc) is 3.40. The number of rotatable bonds is 7. The number of nitrogens with zero attached hydrogens (tertiary/aromatic N) is 5. The third-order valence-corrected chi connectivity index (χ3v) is 6.90. The number of carbonyl (C=O) groups excluding carboxylic acids is 1. The number of thioether (sulfide) groups is 1. The molecule has 0 fully saturated rings. The van der Waals surface area contributed by atoms with Crippen molar-refractivity contribution in [2.24, 2.45) is 0 Å². The fourth-order valence-electron chi connectivity index (χ4n) is 3.14. The fourth-order valence-corrected chi connectivity index (χ4v) is 4.98. The summed E-state index contributed by atoms with van der Waals surface area (Å²) in [5, 5.41) is 21.8. The van der Waals surface area contributed by atoms with Crippen molar-refractivity contribution in [2.45, 2.75) is 24.9 Å². The van der Waals surface area contributed by atoms with E-state index in [-0.39, 0.29) is 11.5 Å². The SMILES string of the molecule is Cc1cccc(-n2c(SCC(=O)[C@@H](C#N)c3nc(C)cs3)nnc2-c2ccc(Cl)cc2)c1. The molecule has 1 atom stereocenters. The Bertz CT molecular complexity index is 1310. The van der Waals surface area contributed by atoms with E-state index in [1.54, 1.807) is 12.1 Å². The van der Waals surface area contributed by atoms with Crippen molar-refractivity contribution in [1.82, 2.24) is 19.7 Å². The van der Waals surface area contributed by atoms with Crippen LogP contribution in [-0.2, 0) is 4.79 Å². The Hall–Kier alpha value is -2.99. The Balaban J connectivity index is 1.66. The zero-order valence-corrected chi connectivity index (χ0v) is 19.7. The van der Waals surface area contributed by atoms with E-state index >= 15 is 0 Å². The van der Waals surface area contributed by atoms with Gasteiger partial charge in [0.05, 0.1) is 11.8 Å². The molecule has 0 spiro atoms. The van der Waals surface area contributed by atoms with Crippen LogP contribution < -0.4 is 0 Å². The number of thiazole rings is 1. The summed E-state index contributed by atoms with van der Waals surface area (Å²) in [4.78, 5) is 17.1. The minimum Gasteiger partial charge on any atom is -0.297 e. The maximum atomic E-state index is 12.8. The molecule has 0 aliphatic carbocycles. The average molecular weight is 480 g/mol. The molecule has 4 aromatic rings. The lowest BCUT2D eigenvalue weighted by molar-refractivity contribution is -0.116. The monoisotopic (exact) mass is 479 g/mol. The minimum absolute atomic E-state index is 0.0847. The van der Waals surface area contributed by atoms with E-state index in [1.165, 1.54) is 23.1 Å². The van der Waals surface area contributed by atoms with Gasteiger partial charge in [0.15, 0.2) is 22.7 Å². The smallest absolute Gasteiger partial charge is 0.196 e. The van der Waals surface area contributed by atoms with Crippen molar-refractivity contribution >= 4 is 40.5 Å². The van der Waals surface area contributed by atoms with E-state index in [9.17, 15) is 10.1 Å². The molecule has 6 nitrogen and oxygen atoms in total. The number of hydrogen-bond acceptors (Lipinski definition) is 7. The zero-order valence-electron chi connectivity index (χ0n) is 17.3. The predicted molar refractivity (Wildman–Crippen MR) is 127 cm³/mol. The van der Waals surface area contributed by atoms with E-state index in [2.05, 4.69) is 21.3 Å². The highest BCUT2D eigenvalue weighted by molar-refractivity contribution is 7.99. The van der Waals surface area contributed by atoms with Crippen molar-refractivity contribution < 1.29 is 4.79 Å². The molecule has 2 aromatic heterocycles. The third kappa shape index (κ3) is 4.75. The lowest BCUT2D eigenvalue weighted by Crippen LogP contribution is -2.13. The van der Waals surface area contributed by atoms with Gasteiger partial charge < -0.3 is 0 Å². The topological polar surface area (TPSA) is 84.5 Å². The van der Waals surface area contributed by atoms with E-state index in [0.717, 1.165) is 22.5 Å². The van der Waals surface area contributed by atoms with Crippen LogP contribution in [0.4, 0.5) is 0 Å². The van der Waals surface area contributed by atoms with Gasteiger partial charge in [-0.1, -0.05) is 35.5 Å². The van der Waals surface area contributed by atoms with Crippen LogP contribution in [0.15, 0.2) is 59.1 Å². The van der Waals surface area contributed by atoms with Gasteiger partial charge in [0, 0.05) is 27.3 Å². The molecular formula is C23H18ClN5OS2. The number of benzene rings is 2. The number of halogens is 1. The summed E-state index contributed by atoms with van der Waals surface area (Å²) >= 11 is 8.63. The fraction of sp³-hybridized carbons (Fsp3) is 0.174. The summed E-state index contributed by atoms with van der Waals surface area (Å²) in [6, 6.07) is 17.4. The molecule has 0 radical (unpaired) electrons. The van der Waals surface area contributed by atoms with Gasteiger partial charge in [0.25, 0.3) is 0 Å². The van der Waals surface area contributed by atoms with E-state index in [0.29, 0.717) is 21.0 Å². The number of ketones is 1. The third-order valence-electron chi connectivity index (χ3n) is 4.67. The van der Waals surface area contributed by atoms with Crippen LogP contribution in [0.5, 0.6) is 0 Å². The summed E-state index contributed by atoms with van der Waals surface area (Å²) in [5.41, 5.74) is 3.64. The van der Waals surface area contributed by atoms with Crippen LogP contribution in [-0.4, -0.2) is 31.3 Å². The predicted octanol–water partition coefficient (Wildman–Crippen LogP) is 5.63. The number of Topliss-reactive ketones (excluding diaryl/α,β-unsaturated/α-hetero) is 1. The van der Waals surface area contributed by atoms with Crippen molar-refractivity contribution in [3.05, 3.63) is 75.2 Å². The van der Waals surface area contributed by atoms with Gasteiger partial charge in [-0.2, -0.15) is 5.26 Å². The normalized spacial score (nSPS) is 11.8. The summed E-state index contributed by atoms with van der Waals surface area (Å²) in [6.07, 6.45) is 0. The van der Waals surface area contributed by atoms with Gasteiger partial charge >= 0.3 is 0 Å². The zero-order chi connectivity index (χ0) is 22.7. The Morgan fingerprint density at radius 3 is 2.66 bits per heavy atom. The maximum absolute atomic E-state index is 12.8. The summed E-state index contributed by atoms with van der Waals surface area (Å²) in [7, 11) is 0. The number of carbonyl (C=O) groups is 1. The van der Waals surface area contributed by atoms with Crippen LogP contribution in [0.3, 0.4) is 0 Å². The molecule has 32 heavy (non-hydrogen) atoms. The Morgan fingerprint density at radius 2 is 2.00 bits per heavy atom. The molecular weight excluding hydrogens is 462 g/mol. The molecule has 9 heteroatoms. The number of aryl methyl sites for hydroxylation is 2.